The predicted octanol–water partition coefficient (Wildman–Crippen LogP) is 2.36. The number of carbonyl (C=O) groups is 1. The van der Waals surface area contributed by atoms with Crippen LogP contribution in [0.4, 0.5) is 23.2 Å². The van der Waals surface area contributed by atoms with Gasteiger partial charge in [-0.1, -0.05) is 0 Å². The normalized spacial score (nSPS) is 19.4. The summed E-state index contributed by atoms with van der Waals surface area (Å²) in [6.45, 7) is 0.391. The number of rotatable bonds is 3. The molecule has 2 saturated carbocycles. The Bertz CT molecular complexity index is 1240. The van der Waals surface area contributed by atoms with Crippen molar-refractivity contribution in [2.45, 2.75) is 37.5 Å². The number of fused-ring (bicyclic) bond motifs is 1. The summed E-state index contributed by atoms with van der Waals surface area (Å²) in [5, 5.41) is 0. The standard InChI is InChI=1S/C20H17F4N3O4/c1-25-15(20(22,23)24)8-16(28)27(18(25)30)12-7-13-14(6-11(12)21)31-19(4-5-19)17(29)26(13)9-10-2-3-10/h6-8,10H,2-5,9H2,1H3. The van der Waals surface area contributed by atoms with Gasteiger partial charge in [-0.15, -0.1) is 0 Å². The molecule has 3 aliphatic rings. The summed E-state index contributed by atoms with van der Waals surface area (Å²) in [5.74, 6) is -0.886. The molecule has 5 rings (SSSR count). The Morgan fingerprint density at radius 3 is 2.35 bits per heavy atom. The van der Waals surface area contributed by atoms with Crippen molar-refractivity contribution >= 4 is 11.6 Å². The maximum absolute atomic E-state index is 14.9. The van der Waals surface area contributed by atoms with Crippen LogP contribution >= 0.6 is 0 Å². The van der Waals surface area contributed by atoms with Crippen LogP contribution in [0.1, 0.15) is 31.4 Å². The molecule has 1 aliphatic heterocycles. The molecule has 1 amide bonds. The topological polar surface area (TPSA) is 73.5 Å². The summed E-state index contributed by atoms with van der Waals surface area (Å²) < 4.78 is 60.6. The van der Waals surface area contributed by atoms with Gasteiger partial charge in [0, 0.05) is 38.6 Å². The number of alkyl halides is 3. The molecule has 0 radical (unpaired) electrons. The van der Waals surface area contributed by atoms with E-state index in [0.717, 1.165) is 32.0 Å². The Kier molecular flexibility index (Phi) is 3.97. The molecule has 164 valence electrons. The first-order valence-electron chi connectivity index (χ1n) is 9.77. The largest absolute Gasteiger partial charge is 0.475 e. The van der Waals surface area contributed by atoms with E-state index in [9.17, 15) is 31.9 Å². The molecule has 2 aromatic rings. The van der Waals surface area contributed by atoms with Crippen LogP contribution in [-0.4, -0.2) is 27.2 Å². The van der Waals surface area contributed by atoms with Crippen molar-refractivity contribution in [1.82, 2.24) is 9.13 Å². The number of hydrogen-bond donors (Lipinski definition) is 0. The van der Waals surface area contributed by atoms with E-state index in [1.807, 2.05) is 0 Å². The summed E-state index contributed by atoms with van der Waals surface area (Å²) in [5.41, 5.74) is -5.47. The van der Waals surface area contributed by atoms with Crippen LogP contribution in [0.25, 0.3) is 5.69 Å². The lowest BCUT2D eigenvalue weighted by Crippen LogP contribution is -2.48. The maximum atomic E-state index is 14.9. The van der Waals surface area contributed by atoms with Crippen LogP contribution in [0, 0.1) is 11.7 Å². The lowest BCUT2D eigenvalue weighted by Gasteiger charge is -2.35. The molecule has 0 N–H and O–H groups in total. The van der Waals surface area contributed by atoms with Crippen LogP contribution in [0.15, 0.2) is 27.8 Å². The molecular formula is C20H17F4N3O4. The average Bonchev–Trinajstić information content (AvgIpc) is 3.59. The molecule has 31 heavy (non-hydrogen) atoms. The molecule has 1 aromatic heterocycles. The van der Waals surface area contributed by atoms with E-state index in [0.29, 0.717) is 29.9 Å². The first-order valence-corrected chi connectivity index (χ1v) is 9.77. The summed E-state index contributed by atoms with van der Waals surface area (Å²) >= 11 is 0. The number of carbonyl (C=O) groups excluding carboxylic acids is 1. The van der Waals surface area contributed by atoms with Crippen molar-refractivity contribution in [3.63, 3.8) is 0 Å². The number of hydrogen-bond acceptors (Lipinski definition) is 4. The number of anilines is 1. The summed E-state index contributed by atoms with van der Waals surface area (Å²) in [4.78, 5) is 39.4. The SMILES string of the molecule is Cn1c(C(F)(F)F)cc(=O)n(-c2cc3c(cc2F)OC2(CC2)C(=O)N3CC2CC2)c1=O. The lowest BCUT2D eigenvalue weighted by molar-refractivity contribution is -0.144. The summed E-state index contributed by atoms with van der Waals surface area (Å²) in [6.07, 6.45) is -2.02. The molecule has 1 aromatic carbocycles. The summed E-state index contributed by atoms with van der Waals surface area (Å²) in [6, 6.07) is 2.33. The molecule has 0 unspecified atom stereocenters. The molecule has 2 heterocycles. The zero-order valence-electron chi connectivity index (χ0n) is 16.3. The van der Waals surface area contributed by atoms with E-state index in [4.69, 9.17) is 4.74 Å². The van der Waals surface area contributed by atoms with Gasteiger partial charge < -0.3 is 9.64 Å². The third-order valence-electron chi connectivity index (χ3n) is 5.95. The minimum Gasteiger partial charge on any atom is -0.475 e. The monoisotopic (exact) mass is 439 g/mol. The van der Waals surface area contributed by atoms with Gasteiger partial charge in [-0.3, -0.25) is 14.2 Å². The number of amides is 1. The second-order valence-corrected chi connectivity index (χ2v) is 8.27. The Labute approximate surface area is 172 Å². The summed E-state index contributed by atoms with van der Waals surface area (Å²) in [7, 11) is 0.848. The van der Waals surface area contributed by atoms with Crippen LogP contribution in [-0.2, 0) is 18.0 Å². The minimum absolute atomic E-state index is 0.107. The van der Waals surface area contributed by atoms with Crippen molar-refractivity contribution < 1.29 is 27.1 Å². The Morgan fingerprint density at radius 2 is 1.77 bits per heavy atom. The third kappa shape index (κ3) is 3.05. The third-order valence-corrected chi connectivity index (χ3v) is 5.95. The van der Waals surface area contributed by atoms with Crippen LogP contribution in [0.2, 0.25) is 0 Å². The van der Waals surface area contributed by atoms with Crippen molar-refractivity contribution in [3.8, 4) is 11.4 Å². The first-order chi connectivity index (χ1) is 14.5. The molecular weight excluding hydrogens is 422 g/mol. The van der Waals surface area contributed by atoms with Gasteiger partial charge in [0.2, 0.25) is 0 Å². The predicted molar refractivity (Wildman–Crippen MR) is 99.9 cm³/mol. The second kappa shape index (κ2) is 6.21. The average molecular weight is 439 g/mol. The Morgan fingerprint density at radius 1 is 1.10 bits per heavy atom. The molecule has 0 atom stereocenters. The molecule has 2 fully saturated rings. The van der Waals surface area contributed by atoms with E-state index in [2.05, 4.69) is 0 Å². The zero-order chi connectivity index (χ0) is 22.3. The van der Waals surface area contributed by atoms with Crippen molar-refractivity contribution in [3.05, 3.63) is 50.5 Å². The molecule has 11 heteroatoms. The van der Waals surface area contributed by atoms with E-state index >= 15 is 0 Å². The highest BCUT2D eigenvalue weighted by Gasteiger charge is 2.58. The molecule has 2 aliphatic carbocycles. The maximum Gasteiger partial charge on any atom is 0.431 e. The van der Waals surface area contributed by atoms with Crippen molar-refractivity contribution in [2.24, 2.45) is 13.0 Å². The van der Waals surface area contributed by atoms with Crippen LogP contribution in [0.3, 0.4) is 0 Å². The molecule has 0 saturated heterocycles. The van der Waals surface area contributed by atoms with Gasteiger partial charge in [0.05, 0.1) is 11.4 Å². The first kappa shape index (κ1) is 19.8. The fourth-order valence-electron chi connectivity index (χ4n) is 3.89. The molecule has 0 bridgehead atoms. The quantitative estimate of drug-likeness (QED) is 0.689. The number of aromatic nitrogens is 2. The zero-order valence-corrected chi connectivity index (χ0v) is 16.3. The smallest absolute Gasteiger partial charge is 0.431 e. The van der Waals surface area contributed by atoms with Crippen LogP contribution in [0.5, 0.6) is 5.75 Å². The Balaban J connectivity index is 1.68. The van der Waals surface area contributed by atoms with E-state index in [1.165, 1.54) is 4.90 Å². The molecule has 1 spiro atoms. The Hall–Kier alpha value is -3.11. The second-order valence-electron chi connectivity index (χ2n) is 8.27. The highest BCUT2D eigenvalue weighted by Crippen LogP contribution is 2.51. The fourth-order valence-corrected chi connectivity index (χ4v) is 3.89. The minimum atomic E-state index is -4.93. The van der Waals surface area contributed by atoms with E-state index in [-0.39, 0.29) is 28.0 Å². The van der Waals surface area contributed by atoms with Gasteiger partial charge in [0.15, 0.2) is 11.4 Å². The number of benzene rings is 1. The van der Waals surface area contributed by atoms with E-state index < -0.39 is 40.2 Å². The van der Waals surface area contributed by atoms with Gasteiger partial charge >= 0.3 is 11.9 Å². The lowest BCUT2D eigenvalue weighted by atomic mass is 10.1. The van der Waals surface area contributed by atoms with E-state index in [1.54, 1.807) is 0 Å². The highest BCUT2D eigenvalue weighted by atomic mass is 19.4. The van der Waals surface area contributed by atoms with Crippen molar-refractivity contribution in [1.29, 1.82) is 0 Å². The molecule has 7 nitrogen and oxygen atoms in total. The number of nitrogens with zero attached hydrogens (tertiary/aromatic N) is 3. The van der Waals surface area contributed by atoms with Crippen molar-refractivity contribution in [2.75, 3.05) is 11.4 Å². The fraction of sp³-hybridized carbons (Fsp3) is 0.450. The van der Waals surface area contributed by atoms with Gasteiger partial charge in [-0.05, 0) is 24.8 Å². The number of ether oxygens (including phenoxy) is 1. The van der Waals surface area contributed by atoms with Gasteiger partial charge in [0.1, 0.15) is 11.4 Å². The highest BCUT2D eigenvalue weighted by molar-refractivity contribution is 6.05. The number of halogens is 4. The van der Waals surface area contributed by atoms with Gasteiger partial charge in [-0.25, -0.2) is 13.8 Å². The van der Waals surface area contributed by atoms with Gasteiger partial charge in [-0.2, -0.15) is 13.2 Å². The van der Waals surface area contributed by atoms with Gasteiger partial charge in [0.25, 0.3) is 11.5 Å². The van der Waals surface area contributed by atoms with Crippen LogP contribution < -0.4 is 20.9 Å².